The summed E-state index contributed by atoms with van der Waals surface area (Å²) in [4.78, 5) is 21.7. The first-order chi connectivity index (χ1) is 13.8. The first-order valence-corrected chi connectivity index (χ1v) is 10.7. The number of piperidine rings is 1. The first-order valence-electron chi connectivity index (χ1n) is 10.7. The Balaban J connectivity index is 1.42. The van der Waals surface area contributed by atoms with Gasteiger partial charge in [0.2, 0.25) is 0 Å². The summed E-state index contributed by atoms with van der Waals surface area (Å²) in [6, 6.07) is 12.2. The molecule has 0 bridgehead atoms. The lowest BCUT2D eigenvalue weighted by Crippen LogP contribution is -2.31. The number of nitrogens with one attached hydrogen (secondary N) is 1. The van der Waals surface area contributed by atoms with Gasteiger partial charge in [0.25, 0.3) is 5.91 Å². The summed E-state index contributed by atoms with van der Waals surface area (Å²) in [7, 11) is 0. The number of likely N-dealkylation sites (tertiary alicyclic amines) is 1. The van der Waals surface area contributed by atoms with E-state index < -0.39 is 0 Å². The van der Waals surface area contributed by atoms with E-state index in [9.17, 15) is 4.79 Å². The van der Waals surface area contributed by atoms with Gasteiger partial charge in [0.05, 0.1) is 0 Å². The number of nitrogens with zero attached hydrogens (tertiary/aromatic N) is 3. The van der Waals surface area contributed by atoms with E-state index in [1.165, 1.54) is 37.8 Å². The molecule has 28 heavy (non-hydrogen) atoms. The van der Waals surface area contributed by atoms with Gasteiger partial charge in [0.15, 0.2) is 0 Å². The van der Waals surface area contributed by atoms with Crippen molar-refractivity contribution >= 4 is 23.1 Å². The van der Waals surface area contributed by atoms with Gasteiger partial charge in [-0.25, -0.2) is 4.98 Å². The van der Waals surface area contributed by atoms with Crippen molar-refractivity contribution in [3.63, 3.8) is 0 Å². The summed E-state index contributed by atoms with van der Waals surface area (Å²) in [5.74, 6) is 0.833. The van der Waals surface area contributed by atoms with Gasteiger partial charge in [-0.3, -0.25) is 4.79 Å². The summed E-state index contributed by atoms with van der Waals surface area (Å²) in [5.41, 5.74) is 2.99. The number of amides is 1. The third-order valence-corrected chi connectivity index (χ3v) is 5.76. The fraction of sp³-hybridized carbons (Fsp3) is 0.478. The fourth-order valence-corrected chi connectivity index (χ4v) is 4.14. The fourth-order valence-electron chi connectivity index (χ4n) is 4.14. The molecule has 0 spiro atoms. The largest absolute Gasteiger partial charge is 0.372 e. The van der Waals surface area contributed by atoms with Crippen molar-refractivity contribution in [2.24, 2.45) is 0 Å². The van der Waals surface area contributed by atoms with Gasteiger partial charge in [-0.2, -0.15) is 0 Å². The van der Waals surface area contributed by atoms with Gasteiger partial charge in [-0.1, -0.05) is 12.8 Å². The van der Waals surface area contributed by atoms with Gasteiger partial charge < -0.3 is 15.1 Å². The van der Waals surface area contributed by atoms with Gasteiger partial charge in [-0.15, -0.1) is 0 Å². The smallest absolute Gasteiger partial charge is 0.254 e. The van der Waals surface area contributed by atoms with Crippen LogP contribution in [0.15, 0.2) is 42.6 Å². The number of anilines is 3. The molecule has 1 aromatic carbocycles. The van der Waals surface area contributed by atoms with Gasteiger partial charge in [0.1, 0.15) is 5.82 Å². The third-order valence-electron chi connectivity index (χ3n) is 5.76. The lowest BCUT2D eigenvalue weighted by molar-refractivity contribution is 0.0761. The molecule has 3 heterocycles. The van der Waals surface area contributed by atoms with Crippen LogP contribution < -0.4 is 10.2 Å². The Morgan fingerprint density at radius 2 is 1.46 bits per heavy atom. The molecule has 2 aliphatic heterocycles. The second-order valence-corrected chi connectivity index (χ2v) is 7.86. The molecule has 2 aliphatic rings. The number of hydrogen-bond acceptors (Lipinski definition) is 4. The number of pyridine rings is 1. The molecule has 5 heteroatoms. The lowest BCUT2D eigenvalue weighted by atomic mass is 10.1. The van der Waals surface area contributed by atoms with Crippen molar-refractivity contribution in [2.75, 3.05) is 36.4 Å². The number of carbonyl (C=O) groups excluding carboxylic acids is 1. The number of hydrogen-bond donors (Lipinski definition) is 1. The van der Waals surface area contributed by atoms with E-state index in [0.29, 0.717) is 11.4 Å². The molecule has 1 amide bonds. The van der Waals surface area contributed by atoms with Crippen LogP contribution in [0.1, 0.15) is 55.3 Å². The summed E-state index contributed by atoms with van der Waals surface area (Å²) >= 11 is 0. The van der Waals surface area contributed by atoms with Crippen LogP contribution >= 0.6 is 0 Å². The van der Waals surface area contributed by atoms with Crippen LogP contribution in [-0.2, 0) is 0 Å². The van der Waals surface area contributed by atoms with Crippen molar-refractivity contribution in [1.82, 2.24) is 9.88 Å². The zero-order valence-corrected chi connectivity index (χ0v) is 16.6. The molecule has 1 N–H and O–H groups in total. The molecule has 2 aromatic rings. The monoisotopic (exact) mass is 378 g/mol. The van der Waals surface area contributed by atoms with Crippen LogP contribution in [0.4, 0.5) is 17.2 Å². The molecule has 0 aliphatic carbocycles. The zero-order chi connectivity index (χ0) is 19.2. The molecule has 2 saturated heterocycles. The highest BCUT2D eigenvalue weighted by Gasteiger charge is 2.18. The van der Waals surface area contributed by atoms with E-state index in [1.807, 2.05) is 17.0 Å². The van der Waals surface area contributed by atoms with Crippen LogP contribution in [0.2, 0.25) is 0 Å². The van der Waals surface area contributed by atoms with Crippen molar-refractivity contribution in [3.05, 3.63) is 48.2 Å². The molecule has 0 unspecified atom stereocenters. The molecule has 1 aromatic heterocycles. The minimum absolute atomic E-state index is 0.118. The number of benzene rings is 1. The van der Waals surface area contributed by atoms with E-state index in [4.69, 9.17) is 0 Å². The maximum atomic E-state index is 12.8. The molecule has 4 rings (SSSR count). The second kappa shape index (κ2) is 9.09. The molecule has 0 saturated carbocycles. The highest BCUT2D eigenvalue weighted by atomic mass is 16.2. The van der Waals surface area contributed by atoms with Crippen LogP contribution in [0, 0.1) is 0 Å². The Labute approximate surface area is 167 Å². The highest BCUT2D eigenvalue weighted by Crippen LogP contribution is 2.24. The Hall–Kier alpha value is -2.56. The van der Waals surface area contributed by atoms with Gasteiger partial charge in [0, 0.05) is 49.3 Å². The number of carbonyl (C=O) groups is 1. The van der Waals surface area contributed by atoms with Gasteiger partial charge in [-0.05, 0) is 68.5 Å². The van der Waals surface area contributed by atoms with E-state index >= 15 is 0 Å². The van der Waals surface area contributed by atoms with Crippen molar-refractivity contribution in [3.8, 4) is 0 Å². The van der Waals surface area contributed by atoms with E-state index in [1.54, 1.807) is 6.20 Å². The summed E-state index contributed by atoms with van der Waals surface area (Å²) in [5, 5.41) is 3.34. The number of rotatable bonds is 4. The molecular formula is C23H30N4O. The van der Waals surface area contributed by atoms with Crippen molar-refractivity contribution in [2.45, 2.75) is 44.9 Å². The topological polar surface area (TPSA) is 48.5 Å². The van der Waals surface area contributed by atoms with E-state index in [-0.39, 0.29) is 5.91 Å². The Morgan fingerprint density at radius 3 is 2.18 bits per heavy atom. The minimum atomic E-state index is 0.118. The SMILES string of the molecule is O=C(c1ccnc(Nc2ccc(N3CCCCC3)cc2)c1)N1CCCCCC1. The predicted molar refractivity (Wildman–Crippen MR) is 114 cm³/mol. The molecular weight excluding hydrogens is 348 g/mol. The van der Waals surface area contributed by atoms with Gasteiger partial charge >= 0.3 is 0 Å². The summed E-state index contributed by atoms with van der Waals surface area (Å²) in [6.07, 6.45) is 10.3. The quantitative estimate of drug-likeness (QED) is 0.828. The Bertz CT molecular complexity index is 775. The first kappa shape index (κ1) is 18.8. The Morgan fingerprint density at radius 1 is 0.821 bits per heavy atom. The normalized spacial score (nSPS) is 17.9. The van der Waals surface area contributed by atoms with Crippen molar-refractivity contribution in [1.29, 1.82) is 0 Å². The van der Waals surface area contributed by atoms with Crippen LogP contribution in [0.5, 0.6) is 0 Å². The maximum Gasteiger partial charge on any atom is 0.254 e. The average molecular weight is 379 g/mol. The Kier molecular flexibility index (Phi) is 6.10. The lowest BCUT2D eigenvalue weighted by Gasteiger charge is -2.28. The molecule has 148 valence electrons. The number of aromatic nitrogens is 1. The summed E-state index contributed by atoms with van der Waals surface area (Å²) < 4.78 is 0. The molecule has 0 radical (unpaired) electrons. The average Bonchev–Trinajstić information content (AvgIpc) is 3.04. The second-order valence-electron chi connectivity index (χ2n) is 7.86. The predicted octanol–water partition coefficient (Wildman–Crippen LogP) is 4.83. The van der Waals surface area contributed by atoms with E-state index in [2.05, 4.69) is 39.5 Å². The van der Waals surface area contributed by atoms with Crippen LogP contribution in [0.3, 0.4) is 0 Å². The third kappa shape index (κ3) is 4.64. The zero-order valence-electron chi connectivity index (χ0n) is 16.6. The van der Waals surface area contributed by atoms with Crippen LogP contribution in [-0.4, -0.2) is 42.0 Å². The summed E-state index contributed by atoms with van der Waals surface area (Å²) in [6.45, 7) is 4.02. The van der Waals surface area contributed by atoms with Crippen LogP contribution in [0.25, 0.3) is 0 Å². The highest BCUT2D eigenvalue weighted by molar-refractivity contribution is 5.95. The molecule has 5 nitrogen and oxygen atoms in total. The molecule has 0 atom stereocenters. The minimum Gasteiger partial charge on any atom is -0.372 e. The van der Waals surface area contributed by atoms with Crippen molar-refractivity contribution < 1.29 is 4.79 Å². The standard InChI is InChI=1S/C23H30N4O/c28-23(27-16-4-1-2-5-17-27)19-12-13-24-22(18-19)25-20-8-10-21(11-9-20)26-14-6-3-7-15-26/h8-13,18H,1-7,14-17H2,(H,24,25). The van der Waals surface area contributed by atoms with E-state index in [0.717, 1.165) is 44.7 Å². The molecule has 2 fully saturated rings. The maximum absolute atomic E-state index is 12.8.